The fourth-order valence-electron chi connectivity index (χ4n) is 2.26. The van der Waals surface area contributed by atoms with Crippen LogP contribution in [0.4, 0.5) is 0 Å². The Bertz CT molecular complexity index is 269. The fourth-order valence-corrected chi connectivity index (χ4v) is 2.26. The van der Waals surface area contributed by atoms with Crippen molar-refractivity contribution in [1.82, 2.24) is 0 Å². The number of hydrogen-bond donors (Lipinski definition) is 3. The second-order valence-corrected chi connectivity index (χ2v) is 5.18. The minimum Gasteiger partial charge on any atom is -0.394 e. The third kappa shape index (κ3) is 5.89. The summed E-state index contributed by atoms with van der Waals surface area (Å²) in [5.41, 5.74) is 0. The molecule has 0 spiro atoms. The zero-order valence-electron chi connectivity index (χ0n) is 12.3. The first-order valence-corrected chi connectivity index (χ1v) is 7.55. The second-order valence-electron chi connectivity index (χ2n) is 5.18. The Morgan fingerprint density at radius 2 is 2.10 bits per heavy atom. The van der Waals surface area contributed by atoms with Gasteiger partial charge in [0, 0.05) is 6.61 Å². The van der Waals surface area contributed by atoms with Crippen molar-refractivity contribution >= 4 is 0 Å². The number of hydrogen-bond acceptors (Lipinski definition) is 5. The van der Waals surface area contributed by atoms with Gasteiger partial charge in [0.15, 0.2) is 0 Å². The van der Waals surface area contributed by atoms with Gasteiger partial charge >= 0.3 is 0 Å². The molecule has 0 aliphatic carbocycles. The summed E-state index contributed by atoms with van der Waals surface area (Å²) >= 11 is 0. The Labute approximate surface area is 121 Å². The molecule has 5 nitrogen and oxygen atoms in total. The average Bonchev–Trinajstić information content (AvgIpc) is 2.82. The van der Waals surface area contributed by atoms with Crippen LogP contribution in [0, 0.1) is 0 Å². The van der Waals surface area contributed by atoms with E-state index in [2.05, 4.69) is 19.1 Å². The lowest BCUT2D eigenvalue weighted by atomic mass is 10.1. The highest BCUT2D eigenvalue weighted by Crippen LogP contribution is 2.20. The molecule has 0 saturated carbocycles. The van der Waals surface area contributed by atoms with E-state index in [9.17, 15) is 10.2 Å². The Kier molecular flexibility index (Phi) is 9.05. The van der Waals surface area contributed by atoms with Crippen molar-refractivity contribution in [2.75, 3.05) is 19.8 Å². The van der Waals surface area contributed by atoms with Crippen molar-refractivity contribution < 1.29 is 24.8 Å². The number of aliphatic hydroxyl groups is 3. The van der Waals surface area contributed by atoms with Crippen LogP contribution in [0.15, 0.2) is 12.2 Å². The summed E-state index contributed by atoms with van der Waals surface area (Å²) in [6.07, 6.45) is 6.70. The van der Waals surface area contributed by atoms with Gasteiger partial charge in [-0.1, -0.05) is 25.5 Å². The first-order valence-electron chi connectivity index (χ1n) is 7.55. The van der Waals surface area contributed by atoms with Crippen LogP contribution in [0.3, 0.4) is 0 Å². The van der Waals surface area contributed by atoms with Crippen LogP contribution in [0.5, 0.6) is 0 Å². The fraction of sp³-hybridized carbons (Fsp3) is 0.867. The lowest BCUT2D eigenvalue weighted by Crippen LogP contribution is -2.41. The Morgan fingerprint density at radius 1 is 1.30 bits per heavy atom. The maximum atomic E-state index is 9.92. The van der Waals surface area contributed by atoms with Gasteiger partial charge in [0.05, 0.1) is 13.2 Å². The Balaban J connectivity index is 2.07. The molecule has 5 heteroatoms. The van der Waals surface area contributed by atoms with Gasteiger partial charge in [-0.05, 0) is 25.7 Å². The van der Waals surface area contributed by atoms with E-state index in [4.69, 9.17) is 14.6 Å². The molecule has 4 atom stereocenters. The topological polar surface area (TPSA) is 79.2 Å². The van der Waals surface area contributed by atoms with E-state index >= 15 is 0 Å². The highest BCUT2D eigenvalue weighted by Gasteiger charge is 2.40. The van der Waals surface area contributed by atoms with E-state index in [1.54, 1.807) is 0 Å². The first kappa shape index (κ1) is 17.6. The lowest BCUT2D eigenvalue weighted by Gasteiger charge is -2.20. The second kappa shape index (κ2) is 10.3. The lowest BCUT2D eigenvalue weighted by molar-refractivity contribution is -0.0730. The van der Waals surface area contributed by atoms with Gasteiger partial charge in [-0.2, -0.15) is 0 Å². The summed E-state index contributed by atoms with van der Waals surface area (Å²) in [6, 6.07) is 0. The van der Waals surface area contributed by atoms with Crippen molar-refractivity contribution in [1.29, 1.82) is 0 Å². The number of rotatable bonds is 10. The average molecular weight is 288 g/mol. The molecule has 1 heterocycles. The van der Waals surface area contributed by atoms with Gasteiger partial charge in [-0.15, -0.1) is 0 Å². The van der Waals surface area contributed by atoms with Crippen molar-refractivity contribution in [3.63, 3.8) is 0 Å². The van der Waals surface area contributed by atoms with Gasteiger partial charge in [0.25, 0.3) is 0 Å². The minimum absolute atomic E-state index is 0.266. The van der Waals surface area contributed by atoms with Crippen LogP contribution in [0.1, 0.15) is 39.0 Å². The molecule has 0 aromatic carbocycles. The minimum atomic E-state index is -1.05. The highest BCUT2D eigenvalue weighted by molar-refractivity contribution is 4.88. The predicted molar refractivity (Wildman–Crippen MR) is 76.5 cm³/mol. The van der Waals surface area contributed by atoms with Gasteiger partial charge in [-0.3, -0.25) is 0 Å². The van der Waals surface area contributed by atoms with Gasteiger partial charge in [0.2, 0.25) is 0 Å². The van der Waals surface area contributed by atoms with Crippen molar-refractivity contribution in [3.05, 3.63) is 12.2 Å². The zero-order valence-corrected chi connectivity index (χ0v) is 12.3. The summed E-state index contributed by atoms with van der Waals surface area (Å²) in [4.78, 5) is 0. The molecule has 20 heavy (non-hydrogen) atoms. The summed E-state index contributed by atoms with van der Waals surface area (Å²) in [6.45, 7) is 2.56. The molecule has 1 saturated heterocycles. The Hall–Kier alpha value is -0.460. The number of unbranched alkanes of at least 4 members (excludes halogenated alkanes) is 3. The highest BCUT2D eigenvalue weighted by atomic mass is 16.6. The van der Waals surface area contributed by atoms with Crippen LogP contribution in [0.25, 0.3) is 0 Å². The standard InChI is InChI=1S/C15H28O5/c1-2-3-4-5-6-7-8-9-19-13-11-20-15(14(13)18)12(17)10-16/h3-4,12-18H,2,5-11H2,1H3/b4-3+/t12-,13+,14+,15+/m1/s1. The summed E-state index contributed by atoms with van der Waals surface area (Å²) in [5, 5.41) is 28.2. The quantitative estimate of drug-likeness (QED) is 0.413. The molecule has 118 valence electrons. The molecule has 3 N–H and O–H groups in total. The molecule has 1 fully saturated rings. The smallest absolute Gasteiger partial charge is 0.114 e. The molecule has 0 bridgehead atoms. The molecule has 1 aliphatic heterocycles. The third-order valence-corrected chi connectivity index (χ3v) is 3.49. The molecule has 0 aromatic heterocycles. The van der Waals surface area contributed by atoms with E-state index in [1.165, 1.54) is 0 Å². The predicted octanol–water partition coefficient (Wildman–Crippen LogP) is 1.01. The van der Waals surface area contributed by atoms with Gasteiger partial charge < -0.3 is 24.8 Å². The molecule has 0 radical (unpaired) electrons. The van der Waals surface area contributed by atoms with E-state index in [0.717, 1.165) is 32.1 Å². The van der Waals surface area contributed by atoms with Crippen molar-refractivity contribution in [2.24, 2.45) is 0 Å². The number of ether oxygens (including phenoxy) is 2. The number of aliphatic hydroxyl groups excluding tert-OH is 3. The molecular weight excluding hydrogens is 260 g/mol. The van der Waals surface area contributed by atoms with Crippen LogP contribution < -0.4 is 0 Å². The summed E-state index contributed by atoms with van der Waals surface area (Å²) in [5.74, 6) is 0. The van der Waals surface area contributed by atoms with Crippen LogP contribution in [0.2, 0.25) is 0 Å². The largest absolute Gasteiger partial charge is 0.394 e. The molecule has 0 aromatic rings. The third-order valence-electron chi connectivity index (χ3n) is 3.49. The Morgan fingerprint density at radius 3 is 2.80 bits per heavy atom. The van der Waals surface area contributed by atoms with E-state index in [-0.39, 0.29) is 6.61 Å². The van der Waals surface area contributed by atoms with E-state index in [1.807, 2.05) is 0 Å². The summed E-state index contributed by atoms with van der Waals surface area (Å²) < 4.78 is 10.8. The summed E-state index contributed by atoms with van der Waals surface area (Å²) in [7, 11) is 0. The van der Waals surface area contributed by atoms with Crippen LogP contribution in [-0.2, 0) is 9.47 Å². The first-order chi connectivity index (χ1) is 9.70. The van der Waals surface area contributed by atoms with Crippen LogP contribution >= 0.6 is 0 Å². The molecule has 1 aliphatic rings. The molecular formula is C15H28O5. The normalized spacial score (nSPS) is 28.3. The SMILES string of the molecule is CC/C=C/CCCCCO[C@H]1CO[C@@H]([C@H](O)CO)[C@H]1O. The van der Waals surface area contributed by atoms with E-state index < -0.39 is 31.0 Å². The molecule has 0 amide bonds. The maximum absolute atomic E-state index is 9.92. The monoisotopic (exact) mass is 288 g/mol. The van der Waals surface area contributed by atoms with Crippen LogP contribution in [-0.4, -0.2) is 59.6 Å². The maximum Gasteiger partial charge on any atom is 0.114 e. The zero-order chi connectivity index (χ0) is 14.8. The van der Waals surface area contributed by atoms with E-state index in [0.29, 0.717) is 6.61 Å². The van der Waals surface area contributed by atoms with Gasteiger partial charge in [-0.25, -0.2) is 0 Å². The van der Waals surface area contributed by atoms with Gasteiger partial charge in [0.1, 0.15) is 24.4 Å². The van der Waals surface area contributed by atoms with Crippen molar-refractivity contribution in [2.45, 2.75) is 63.4 Å². The number of allylic oxidation sites excluding steroid dienone is 2. The molecule has 0 unspecified atom stereocenters. The molecule has 1 rings (SSSR count). The van der Waals surface area contributed by atoms with Crippen molar-refractivity contribution in [3.8, 4) is 0 Å².